The molecule has 0 radical (unpaired) electrons. The topological polar surface area (TPSA) is 85.3 Å². The Labute approximate surface area is 173 Å². The lowest BCUT2D eigenvalue weighted by Gasteiger charge is -2.22. The van der Waals surface area contributed by atoms with Gasteiger partial charge in [-0.05, 0) is 30.9 Å². The molecule has 1 aromatic carbocycles. The number of nitrogens with zero attached hydrogens (tertiary/aromatic N) is 3. The molecule has 0 atom stereocenters. The van der Waals surface area contributed by atoms with Gasteiger partial charge in [0.25, 0.3) is 5.91 Å². The number of halogens is 2. The predicted molar refractivity (Wildman–Crippen MR) is 112 cm³/mol. The number of nitrogens with two attached hydrogens (primary N) is 1. The summed E-state index contributed by atoms with van der Waals surface area (Å²) < 4.78 is 1.68. The summed E-state index contributed by atoms with van der Waals surface area (Å²) in [5.74, 6) is 0.715. The van der Waals surface area contributed by atoms with Crippen LogP contribution in [-0.4, -0.2) is 26.8 Å². The van der Waals surface area contributed by atoms with Crippen molar-refractivity contribution in [1.29, 1.82) is 0 Å². The number of nitrogens with one attached hydrogen (secondary N) is 1. The number of rotatable bonds is 5. The number of hydrogen-bond donors (Lipinski definition) is 2. The molecule has 28 heavy (non-hydrogen) atoms. The van der Waals surface area contributed by atoms with Crippen LogP contribution in [0.15, 0.2) is 30.6 Å². The first-order valence-electron chi connectivity index (χ1n) is 9.40. The second kappa shape index (κ2) is 7.97. The highest BCUT2D eigenvalue weighted by Gasteiger charge is 2.18. The van der Waals surface area contributed by atoms with Crippen LogP contribution in [0.25, 0.3) is 16.9 Å². The van der Waals surface area contributed by atoms with E-state index in [-0.39, 0.29) is 5.69 Å². The molecular weight excluding hydrogens is 397 g/mol. The van der Waals surface area contributed by atoms with Crippen LogP contribution in [0.5, 0.6) is 0 Å². The molecule has 1 fully saturated rings. The van der Waals surface area contributed by atoms with Crippen LogP contribution >= 0.6 is 23.2 Å². The smallest absolute Gasteiger partial charge is 0.267 e. The zero-order valence-corrected chi connectivity index (χ0v) is 16.8. The third-order valence-electron chi connectivity index (χ3n) is 5.24. The fraction of sp³-hybridized carbons (Fsp3) is 0.350. The number of benzene rings is 1. The van der Waals surface area contributed by atoms with E-state index >= 15 is 0 Å². The number of anilines is 1. The van der Waals surface area contributed by atoms with E-state index in [4.69, 9.17) is 28.9 Å². The van der Waals surface area contributed by atoms with Crippen molar-refractivity contribution in [3.63, 3.8) is 0 Å². The number of imidazole rings is 1. The number of primary amides is 1. The molecule has 0 spiro atoms. The Hall–Kier alpha value is -2.31. The molecule has 6 nitrogen and oxygen atoms in total. The second-order valence-corrected chi connectivity index (χ2v) is 8.00. The molecule has 146 valence electrons. The summed E-state index contributed by atoms with van der Waals surface area (Å²) in [4.78, 5) is 20.9. The molecule has 0 aliphatic heterocycles. The van der Waals surface area contributed by atoms with Crippen LogP contribution in [0.1, 0.15) is 42.6 Å². The van der Waals surface area contributed by atoms with Crippen LogP contribution in [0.3, 0.4) is 0 Å². The van der Waals surface area contributed by atoms with Gasteiger partial charge in [0.15, 0.2) is 11.5 Å². The largest absolute Gasteiger partial charge is 0.367 e. The lowest BCUT2D eigenvalue weighted by atomic mass is 9.89. The number of aromatic nitrogens is 3. The second-order valence-electron chi connectivity index (χ2n) is 7.19. The van der Waals surface area contributed by atoms with Crippen molar-refractivity contribution in [2.75, 3.05) is 11.9 Å². The molecule has 2 heterocycles. The molecule has 1 aliphatic carbocycles. The quantitative estimate of drug-likeness (QED) is 0.624. The Morgan fingerprint density at radius 1 is 1.21 bits per heavy atom. The minimum Gasteiger partial charge on any atom is -0.367 e. The maximum Gasteiger partial charge on any atom is 0.267 e. The van der Waals surface area contributed by atoms with Gasteiger partial charge in [-0.2, -0.15) is 0 Å². The summed E-state index contributed by atoms with van der Waals surface area (Å²) in [6.45, 7) is 0.841. The summed E-state index contributed by atoms with van der Waals surface area (Å²) in [5, 5.41) is 4.34. The van der Waals surface area contributed by atoms with Crippen LogP contribution in [-0.2, 0) is 0 Å². The van der Waals surface area contributed by atoms with Gasteiger partial charge in [-0.3, -0.25) is 9.20 Å². The maximum atomic E-state index is 11.9. The molecule has 8 heteroatoms. The van der Waals surface area contributed by atoms with E-state index in [1.54, 1.807) is 22.7 Å². The first-order chi connectivity index (χ1) is 13.5. The number of carbonyl (C=O) groups excluding carboxylic acids is 1. The number of amides is 1. The summed E-state index contributed by atoms with van der Waals surface area (Å²) in [6, 6.07) is 5.30. The Bertz CT molecular complexity index is 1030. The van der Waals surface area contributed by atoms with Gasteiger partial charge in [0.2, 0.25) is 0 Å². The molecular formula is C20H21Cl2N5O. The minimum absolute atomic E-state index is 0.275. The highest BCUT2D eigenvalue weighted by Crippen LogP contribution is 2.30. The van der Waals surface area contributed by atoms with Gasteiger partial charge in [0, 0.05) is 18.3 Å². The lowest BCUT2D eigenvalue weighted by molar-refractivity contribution is 0.0994. The Morgan fingerprint density at radius 2 is 2.00 bits per heavy atom. The molecule has 1 saturated carbocycles. The normalized spacial score (nSPS) is 15.1. The van der Waals surface area contributed by atoms with Gasteiger partial charge < -0.3 is 11.1 Å². The van der Waals surface area contributed by atoms with Crippen molar-refractivity contribution in [3.05, 3.63) is 46.3 Å². The average Bonchev–Trinajstić information content (AvgIpc) is 3.14. The van der Waals surface area contributed by atoms with Crippen molar-refractivity contribution in [2.24, 2.45) is 11.7 Å². The summed E-state index contributed by atoms with van der Waals surface area (Å²) in [5.41, 5.74) is 7.82. The first-order valence-corrected chi connectivity index (χ1v) is 10.2. The van der Waals surface area contributed by atoms with Crippen molar-refractivity contribution < 1.29 is 4.79 Å². The maximum absolute atomic E-state index is 11.9. The highest BCUT2D eigenvalue weighted by atomic mass is 35.5. The summed E-state index contributed by atoms with van der Waals surface area (Å²) >= 11 is 12.2. The van der Waals surface area contributed by atoms with Gasteiger partial charge in [-0.25, -0.2) is 9.97 Å². The van der Waals surface area contributed by atoms with Crippen molar-refractivity contribution in [1.82, 2.24) is 14.4 Å². The summed E-state index contributed by atoms with van der Waals surface area (Å²) in [6.07, 6.45) is 9.58. The third-order valence-corrected chi connectivity index (χ3v) is 5.98. The third kappa shape index (κ3) is 3.80. The van der Waals surface area contributed by atoms with Crippen LogP contribution in [0.2, 0.25) is 10.0 Å². The van der Waals surface area contributed by atoms with Gasteiger partial charge in [0.05, 0.1) is 21.9 Å². The lowest BCUT2D eigenvalue weighted by Crippen LogP contribution is -2.20. The Balaban J connectivity index is 1.71. The molecule has 3 aromatic rings. The fourth-order valence-electron chi connectivity index (χ4n) is 3.71. The first kappa shape index (κ1) is 19.0. The van der Waals surface area contributed by atoms with E-state index in [1.165, 1.54) is 38.3 Å². The molecule has 3 N–H and O–H groups in total. The average molecular weight is 418 g/mol. The fourth-order valence-corrected chi connectivity index (χ4v) is 4.01. The van der Waals surface area contributed by atoms with E-state index in [0.29, 0.717) is 33.1 Å². The SMILES string of the molecule is NC(=O)c1cnc(NCC2CCCCC2)c2nc(-c3ccc(Cl)c(Cl)c3)cn12. The molecule has 1 amide bonds. The molecule has 0 saturated heterocycles. The van der Waals surface area contributed by atoms with Crippen LogP contribution in [0.4, 0.5) is 5.82 Å². The molecule has 1 aliphatic rings. The number of carbonyl (C=O) groups is 1. The molecule has 2 aromatic heterocycles. The molecule has 4 rings (SSSR count). The number of hydrogen-bond acceptors (Lipinski definition) is 4. The molecule has 0 unspecified atom stereocenters. The van der Waals surface area contributed by atoms with Crippen molar-refractivity contribution in [3.8, 4) is 11.3 Å². The van der Waals surface area contributed by atoms with Crippen LogP contribution < -0.4 is 11.1 Å². The summed E-state index contributed by atoms with van der Waals surface area (Å²) in [7, 11) is 0. The predicted octanol–water partition coefficient (Wildman–Crippen LogP) is 4.79. The van der Waals surface area contributed by atoms with E-state index in [2.05, 4.69) is 15.3 Å². The van der Waals surface area contributed by atoms with Crippen LogP contribution in [0, 0.1) is 5.92 Å². The Kier molecular flexibility index (Phi) is 5.42. The van der Waals surface area contributed by atoms with Crippen molar-refractivity contribution >= 4 is 40.6 Å². The molecule has 0 bridgehead atoms. The van der Waals surface area contributed by atoms with Gasteiger partial charge in [0.1, 0.15) is 5.69 Å². The number of fused-ring (bicyclic) bond motifs is 1. The van der Waals surface area contributed by atoms with E-state index in [9.17, 15) is 4.79 Å². The Morgan fingerprint density at radius 3 is 2.71 bits per heavy atom. The standard InChI is InChI=1S/C20H21Cl2N5O/c21-14-7-6-13(8-15(14)22)16-11-27-17(18(23)28)10-25-19(20(27)26-16)24-9-12-4-2-1-3-5-12/h6-8,10-12H,1-5,9H2,(H2,23,28)(H,24,25). The zero-order valence-electron chi connectivity index (χ0n) is 15.3. The van der Waals surface area contributed by atoms with Gasteiger partial charge >= 0.3 is 0 Å². The van der Waals surface area contributed by atoms with Gasteiger partial charge in [-0.1, -0.05) is 48.5 Å². The highest BCUT2D eigenvalue weighted by molar-refractivity contribution is 6.42. The van der Waals surface area contributed by atoms with E-state index in [1.807, 2.05) is 6.07 Å². The van der Waals surface area contributed by atoms with E-state index < -0.39 is 5.91 Å². The van der Waals surface area contributed by atoms with E-state index in [0.717, 1.165) is 12.1 Å². The zero-order chi connectivity index (χ0) is 19.7. The monoisotopic (exact) mass is 417 g/mol. The van der Waals surface area contributed by atoms with Crippen molar-refractivity contribution in [2.45, 2.75) is 32.1 Å². The van der Waals surface area contributed by atoms with Gasteiger partial charge in [-0.15, -0.1) is 0 Å². The minimum atomic E-state index is -0.561.